The number of benzene rings is 4. The maximum atomic E-state index is 14.4. The summed E-state index contributed by atoms with van der Waals surface area (Å²) < 4.78 is 33.9. The molecule has 0 aliphatic carbocycles. The van der Waals surface area contributed by atoms with Crippen LogP contribution >= 0.6 is 0 Å². The fourth-order valence-corrected chi connectivity index (χ4v) is 14.3. The van der Waals surface area contributed by atoms with Gasteiger partial charge in [-0.25, -0.2) is 4.79 Å². The Morgan fingerprint density at radius 2 is 0.971 bits per heavy atom. The zero-order valence-electron chi connectivity index (χ0n) is 75.0. The number of nitrogens with zero attached hydrogens (tertiary/aromatic N) is 4. The largest absolute Gasteiger partial charge is 0.481 e. The van der Waals surface area contributed by atoms with Crippen LogP contribution in [-0.4, -0.2) is 296 Å². The molecule has 5 rings (SSSR count). The lowest BCUT2D eigenvalue weighted by Gasteiger charge is -2.28. The molecule has 1 saturated heterocycles. The van der Waals surface area contributed by atoms with Gasteiger partial charge >= 0.3 is 11.9 Å². The van der Waals surface area contributed by atoms with Crippen molar-refractivity contribution in [2.45, 2.75) is 200 Å². The number of primary amides is 3. The third kappa shape index (κ3) is 39.1. The smallest absolute Gasteiger partial charge is 0.326 e. The predicted octanol–water partition coefficient (Wildman–Crippen LogP) is -6.47. The van der Waals surface area contributed by atoms with E-state index in [1.165, 1.54) is 24.3 Å². The molecule has 0 aromatic heterocycles. The fraction of sp³-hybridized carbons (Fsp3) is 0.494. The van der Waals surface area contributed by atoms with Crippen LogP contribution in [0.4, 0.5) is 22.7 Å². The van der Waals surface area contributed by atoms with E-state index in [-0.39, 0.29) is 113 Å². The van der Waals surface area contributed by atoms with Crippen LogP contribution in [0.3, 0.4) is 0 Å². The van der Waals surface area contributed by atoms with E-state index in [1.807, 2.05) is 31.1 Å². The Labute approximate surface area is 780 Å². The Morgan fingerprint density at radius 3 is 1.49 bits per heavy atom. The lowest BCUT2D eigenvalue weighted by atomic mass is 10.0. The number of azo groups is 1. The topological polar surface area (TPSA) is 858 Å². The highest BCUT2D eigenvalue weighted by molar-refractivity contribution is 7.86. The molecule has 0 saturated carbocycles. The maximum absolute atomic E-state index is 14.4. The van der Waals surface area contributed by atoms with Crippen LogP contribution in [0.15, 0.2) is 100 Å². The number of anilines is 2. The van der Waals surface area contributed by atoms with Crippen LogP contribution in [0.25, 0.3) is 10.8 Å². The fourth-order valence-electron chi connectivity index (χ4n) is 13.6. The Balaban J connectivity index is 1.25. The van der Waals surface area contributed by atoms with Crippen molar-refractivity contribution in [3.63, 3.8) is 0 Å². The van der Waals surface area contributed by atoms with Gasteiger partial charge in [0.05, 0.1) is 43.1 Å². The first kappa shape index (κ1) is 112. The number of likely N-dealkylation sites (tertiary alicyclic amines) is 1. The summed E-state index contributed by atoms with van der Waals surface area (Å²) in [7, 11) is -0.820. The molecule has 136 heavy (non-hydrogen) atoms. The number of amides is 16. The molecule has 1 fully saturated rings. The zero-order chi connectivity index (χ0) is 101. The molecule has 52 nitrogen and oxygen atoms in total. The minimum absolute atomic E-state index is 0.00428. The molecule has 1 heterocycles. The van der Waals surface area contributed by atoms with E-state index in [0.717, 1.165) is 17.5 Å². The van der Waals surface area contributed by atoms with Gasteiger partial charge in [-0.1, -0.05) is 24.3 Å². The van der Waals surface area contributed by atoms with Crippen molar-refractivity contribution in [2.24, 2.45) is 44.6 Å². The molecule has 0 spiro atoms. The number of fused-ring (bicyclic) bond motifs is 1. The number of rotatable bonds is 60. The van der Waals surface area contributed by atoms with Gasteiger partial charge in [-0.2, -0.15) is 18.6 Å². The van der Waals surface area contributed by atoms with E-state index in [1.54, 1.807) is 48.5 Å². The monoisotopic (exact) mass is 1930 g/mol. The second kappa shape index (κ2) is 56.2. The van der Waals surface area contributed by atoms with E-state index in [9.17, 15) is 120 Å². The van der Waals surface area contributed by atoms with Gasteiger partial charge in [-0.05, 0) is 151 Å². The van der Waals surface area contributed by atoms with Gasteiger partial charge in [0.25, 0.3) is 16.0 Å². The first-order chi connectivity index (χ1) is 64.3. The average Bonchev–Trinajstić information content (AvgIpc) is 1.16. The third-order valence-electron chi connectivity index (χ3n) is 20.9. The molecule has 12 atom stereocenters. The summed E-state index contributed by atoms with van der Waals surface area (Å²) in [6, 6.07) is 2.94. The average molecular weight is 1930 g/mol. The van der Waals surface area contributed by atoms with E-state index < -0.39 is 266 Å². The summed E-state index contributed by atoms with van der Waals surface area (Å²) >= 11 is 0. The van der Waals surface area contributed by atoms with E-state index in [2.05, 4.69) is 90.0 Å². The minimum Gasteiger partial charge on any atom is -0.481 e. The maximum Gasteiger partial charge on any atom is 0.326 e. The highest BCUT2D eigenvalue weighted by Crippen LogP contribution is 2.29. The Hall–Kier alpha value is -14.9. The van der Waals surface area contributed by atoms with E-state index in [4.69, 9.17) is 45.2 Å². The number of carbonyl (C=O) groups excluding carboxylic acids is 16. The standard InChI is InChI=1S/C83H121N27O25S/c1-44(112)69(106-77(127)53(98-71(121)51(84)13-8-36-95-82(88)89)14-4-5-35-94-70(120)45-19-21-46(22-20-45)107-108-47-23-25-48(26-24-47)109(2)3)80(130)105-60(43-111)72(122)97-42-67(117)110-40-10-17-61(110)79(129)104-59(41-65(87)115)78(128)102-55(28-32-64(86)114)74(124)101-57(30-34-68(118)119)75(125)99-54(27-31-63(85)113)73(123)100-56(76(126)103-58(81(131)132)16-9-37-96-83(90)91)29-33-66(116)93-39-38-92-52-15-6-12-50-49(52)11-7-18-62(50)136(133,134)135/h6-7,11-12,15,18-26,44,51,53-61,69,92,111-112H,4-5,8-10,13-14,16-17,27-43,84H2,1-3H3,(H2,85,113)(H2,86,114)(H2,87,115)(H,93,116)(H,94,120)(H,97,122)(H,98,121)(H,99,125)(H,100,123)(H,101,124)(H,102,128)(H,103,126)(H,104,129)(H,105,130)(H,106,127)(H,118,119)(H,131,132)(H4,88,89,95)(H4,90,91,96)(H,133,134,135)/t44-,51+,53+,54+,55+,56+,57+,58+,59+,60+,61+,69+/m1/s1. The number of carboxylic acid groups (broad SMARTS) is 2. The van der Waals surface area contributed by atoms with Crippen LogP contribution in [0.2, 0.25) is 0 Å². The molecule has 0 unspecified atom stereocenters. The molecule has 744 valence electrons. The molecular weight excluding hydrogens is 1810 g/mol. The number of nitrogens with two attached hydrogens (primary N) is 6. The van der Waals surface area contributed by atoms with E-state index in [0.29, 0.717) is 28.0 Å². The van der Waals surface area contributed by atoms with Gasteiger partial charge in [-0.15, -0.1) is 0 Å². The van der Waals surface area contributed by atoms with Crippen molar-refractivity contribution >= 4 is 162 Å². The Morgan fingerprint density at radius 1 is 0.493 bits per heavy atom. The van der Waals surface area contributed by atoms with Crippen LogP contribution < -0.4 is 119 Å². The first-order valence-electron chi connectivity index (χ1n) is 43.1. The van der Waals surface area contributed by atoms with Gasteiger partial charge in [0.1, 0.15) is 65.3 Å². The Kier molecular flexibility index (Phi) is 46.2. The summed E-state index contributed by atoms with van der Waals surface area (Å²) in [5.74, 6) is -21.6. The zero-order valence-corrected chi connectivity index (χ0v) is 75.8. The number of aliphatic carboxylic acids is 2. The van der Waals surface area contributed by atoms with Gasteiger partial charge in [0, 0.05) is 107 Å². The second-order valence-corrected chi connectivity index (χ2v) is 33.1. The van der Waals surface area contributed by atoms with Gasteiger partial charge in [-0.3, -0.25) is 96.9 Å². The number of aliphatic hydroxyl groups excluding tert-OH is 2. The van der Waals surface area contributed by atoms with Crippen LogP contribution in [0, 0.1) is 10.8 Å². The number of carbonyl (C=O) groups is 18. The number of hydrogen-bond acceptors (Lipinski definition) is 29. The predicted molar refractivity (Wildman–Crippen MR) is 487 cm³/mol. The first-order valence-corrected chi connectivity index (χ1v) is 44.6. The summed E-state index contributed by atoms with van der Waals surface area (Å²) in [4.78, 5) is 246. The van der Waals surface area contributed by atoms with Crippen LogP contribution in [0.5, 0.6) is 0 Å². The van der Waals surface area contributed by atoms with Gasteiger partial charge in [0.15, 0.2) is 11.9 Å². The molecule has 16 amide bonds. The normalized spacial score (nSPS) is 14.7. The lowest BCUT2D eigenvalue weighted by Crippen LogP contribution is -2.61. The van der Waals surface area contributed by atoms with Crippen LogP contribution in [-0.2, 0) is 91.6 Å². The molecule has 1 aliphatic rings. The number of unbranched alkanes of at least 4 members (excludes halogenated alkanes) is 1. The van der Waals surface area contributed by atoms with Crippen molar-refractivity contribution in [3.05, 3.63) is 90.5 Å². The molecule has 0 bridgehead atoms. The van der Waals surface area contributed by atoms with Crippen LogP contribution in [0.1, 0.15) is 133 Å². The van der Waals surface area contributed by atoms with Crippen molar-refractivity contribution < 1.29 is 120 Å². The van der Waals surface area contributed by atoms with Gasteiger partial charge < -0.3 is 144 Å². The number of guanidine groups is 2. The van der Waals surface area contributed by atoms with E-state index >= 15 is 0 Å². The number of carboxylic acids is 2. The molecule has 1 aliphatic heterocycles. The molecule has 4 aromatic carbocycles. The molecular formula is C83H121N27O25S. The third-order valence-corrected chi connectivity index (χ3v) is 21.8. The number of hydrogen-bond donors (Lipinski definition) is 28. The highest BCUT2D eigenvalue weighted by atomic mass is 32.2. The number of nitrogens with one attached hydrogen (secondary N) is 17. The van der Waals surface area contributed by atoms with Crippen molar-refractivity contribution in [3.8, 4) is 0 Å². The lowest BCUT2D eigenvalue weighted by molar-refractivity contribution is -0.143. The Bertz CT molecular complexity index is 5070. The van der Waals surface area contributed by atoms with Gasteiger partial charge in [0.2, 0.25) is 88.6 Å². The number of aliphatic hydroxyl groups is 2. The second-order valence-electron chi connectivity index (χ2n) is 31.7. The SMILES string of the molecule is C[C@@H](O)[C@H](NC(=O)[C@H](CCCCNC(=O)c1ccc(N=Nc2ccc(N(C)C)cc2)cc1)NC(=O)[C@@H](N)CCCNC(=N)N)C(=O)N[C@@H](CO)C(=O)NCC(=O)N1CCC[C@H]1C(=O)N[C@@H](CC(N)=O)C(=O)N[C@@H](CCC(N)=O)C(=O)N[C@@H](CCC(=O)O)C(=O)N[C@@H](CCC(N)=O)C(=O)N[C@@H](CCC(=O)NCCNc1cccc2c(S(=O)(=O)O)cccc12)C(=O)N[C@@H](CCCNC(=N)N)C(=O)O. The van der Waals surface area contributed by atoms with Crippen molar-refractivity contribution in [1.29, 1.82) is 10.8 Å². The summed E-state index contributed by atoms with van der Waals surface area (Å²) in [6.45, 7) is -1.06. The van der Waals surface area contributed by atoms with Crippen molar-refractivity contribution in [2.75, 3.05) is 76.7 Å². The minimum atomic E-state index is -4.63. The molecule has 0 radical (unpaired) electrons. The molecule has 4 aromatic rings. The van der Waals surface area contributed by atoms with Crippen molar-refractivity contribution in [1.82, 2.24) is 79.3 Å². The summed E-state index contributed by atoms with van der Waals surface area (Å²) in [6.07, 6.45) is -8.24. The quantitative estimate of drug-likeness (QED) is 0.00643. The summed E-state index contributed by atoms with van der Waals surface area (Å²) in [5, 5.41) is 101. The summed E-state index contributed by atoms with van der Waals surface area (Å²) in [5.41, 5.74) is 36.0. The molecule has 53 heteroatoms. The molecule has 34 N–H and O–H groups in total. The highest BCUT2D eigenvalue weighted by Gasteiger charge is 2.40.